The smallest absolute Gasteiger partial charge is 0.259 e. The Bertz CT molecular complexity index is 556. The second-order valence-corrected chi connectivity index (χ2v) is 7.52. The number of aryl methyl sites for hydroxylation is 2. The van der Waals surface area contributed by atoms with Gasteiger partial charge in [0.05, 0.1) is 0 Å². The molecule has 0 bridgehead atoms. The lowest BCUT2D eigenvalue weighted by atomic mass is 10.1. The van der Waals surface area contributed by atoms with Crippen LogP contribution in [0.2, 0.25) is 0 Å². The molecule has 0 spiro atoms. The maximum absolute atomic E-state index is 12.4. The van der Waals surface area contributed by atoms with Gasteiger partial charge in [-0.25, -0.2) is 18.1 Å². The number of imidazole rings is 1. The van der Waals surface area contributed by atoms with Crippen molar-refractivity contribution < 1.29 is 8.42 Å². The molecule has 5 nitrogen and oxygen atoms in total. The summed E-state index contributed by atoms with van der Waals surface area (Å²) in [5.74, 6) is 0.705. The van der Waals surface area contributed by atoms with E-state index >= 15 is 0 Å². The van der Waals surface area contributed by atoms with Crippen molar-refractivity contribution in [2.75, 3.05) is 0 Å². The number of aromatic nitrogens is 2. The quantitative estimate of drug-likeness (QED) is 0.685. The molecule has 1 heterocycles. The number of hydrogen-bond acceptors (Lipinski definition) is 3. The van der Waals surface area contributed by atoms with E-state index in [1.807, 2.05) is 11.5 Å². The van der Waals surface area contributed by atoms with Crippen molar-refractivity contribution in [3.05, 3.63) is 12.0 Å². The van der Waals surface area contributed by atoms with Crippen LogP contribution in [0.4, 0.5) is 0 Å². The van der Waals surface area contributed by atoms with Gasteiger partial charge in [-0.05, 0) is 26.7 Å². The van der Waals surface area contributed by atoms with Crippen LogP contribution in [0, 0.1) is 6.92 Å². The van der Waals surface area contributed by atoms with E-state index in [1.54, 1.807) is 13.1 Å². The Morgan fingerprint density at radius 1 is 1.40 bits per heavy atom. The molecule has 0 aromatic carbocycles. The molecule has 0 radical (unpaired) electrons. The van der Waals surface area contributed by atoms with Gasteiger partial charge in [0, 0.05) is 24.2 Å². The van der Waals surface area contributed by atoms with Crippen molar-refractivity contribution in [2.45, 2.75) is 68.9 Å². The topological polar surface area (TPSA) is 64.0 Å². The molecule has 1 saturated carbocycles. The van der Waals surface area contributed by atoms with Crippen LogP contribution in [-0.2, 0) is 16.6 Å². The minimum atomic E-state index is -3.59. The molecule has 1 fully saturated rings. The van der Waals surface area contributed by atoms with Crippen LogP contribution in [0.15, 0.2) is 11.2 Å². The highest BCUT2D eigenvalue weighted by Gasteiger charge is 2.28. The molecule has 2 rings (SSSR count). The number of nitrogens with one attached hydrogen (secondary N) is 1. The van der Waals surface area contributed by atoms with Crippen molar-refractivity contribution in [3.8, 4) is 0 Å². The Labute approximate surface area is 125 Å². The fourth-order valence-corrected chi connectivity index (χ4v) is 4.32. The summed E-state index contributed by atoms with van der Waals surface area (Å²) in [5, 5.41) is -0.0494. The average molecular weight is 320 g/mol. The molecule has 114 valence electrons. The zero-order valence-corrected chi connectivity index (χ0v) is 13.5. The largest absolute Gasteiger partial charge is 0.334 e. The molecule has 1 aliphatic carbocycles. The number of alkyl halides is 1. The predicted octanol–water partition coefficient (Wildman–Crippen LogP) is 2.43. The van der Waals surface area contributed by atoms with Crippen LogP contribution in [0.3, 0.4) is 0 Å². The van der Waals surface area contributed by atoms with Gasteiger partial charge in [-0.15, -0.1) is 11.6 Å². The van der Waals surface area contributed by atoms with Gasteiger partial charge in [-0.3, -0.25) is 0 Å². The van der Waals surface area contributed by atoms with Gasteiger partial charge in [0.15, 0.2) is 5.03 Å². The number of rotatable bonds is 4. The summed E-state index contributed by atoms with van der Waals surface area (Å²) in [7, 11) is -3.59. The summed E-state index contributed by atoms with van der Waals surface area (Å²) in [4.78, 5) is 4.14. The SMILES string of the molecule is CCn1cc(S(=O)(=O)NC2CCCCCC2Cl)nc1C. The first-order chi connectivity index (χ1) is 9.44. The molecule has 1 aliphatic rings. The van der Waals surface area contributed by atoms with E-state index in [0.717, 1.165) is 32.1 Å². The van der Waals surface area contributed by atoms with Gasteiger partial charge in [0.2, 0.25) is 0 Å². The molecule has 0 saturated heterocycles. The first-order valence-corrected chi connectivity index (χ1v) is 9.06. The molecule has 20 heavy (non-hydrogen) atoms. The molecule has 0 aliphatic heterocycles. The third-order valence-corrected chi connectivity index (χ3v) is 5.69. The number of nitrogens with zero attached hydrogens (tertiary/aromatic N) is 2. The minimum Gasteiger partial charge on any atom is -0.334 e. The lowest BCUT2D eigenvalue weighted by Gasteiger charge is -2.20. The van der Waals surface area contributed by atoms with Gasteiger partial charge >= 0.3 is 0 Å². The monoisotopic (exact) mass is 319 g/mol. The van der Waals surface area contributed by atoms with Gasteiger partial charge in [0.25, 0.3) is 10.0 Å². The Kier molecular flexibility index (Phi) is 5.09. The van der Waals surface area contributed by atoms with Crippen molar-refractivity contribution in [1.29, 1.82) is 0 Å². The number of halogens is 1. The summed E-state index contributed by atoms with van der Waals surface area (Å²) in [6.45, 7) is 4.47. The Balaban J connectivity index is 2.17. The number of hydrogen-bond donors (Lipinski definition) is 1. The highest BCUT2D eigenvalue weighted by atomic mass is 35.5. The Hall–Kier alpha value is -0.590. The second-order valence-electron chi connectivity index (χ2n) is 5.29. The fourth-order valence-electron chi connectivity index (χ4n) is 2.58. The molecule has 0 amide bonds. The highest BCUT2D eigenvalue weighted by Crippen LogP contribution is 2.23. The zero-order chi connectivity index (χ0) is 14.8. The summed E-state index contributed by atoms with van der Waals surface area (Å²) < 4.78 is 29.3. The van der Waals surface area contributed by atoms with Crippen LogP contribution in [0.1, 0.15) is 44.9 Å². The van der Waals surface area contributed by atoms with E-state index in [9.17, 15) is 8.42 Å². The van der Waals surface area contributed by atoms with Gasteiger partial charge < -0.3 is 4.57 Å². The summed E-state index contributed by atoms with van der Waals surface area (Å²) >= 11 is 6.29. The van der Waals surface area contributed by atoms with Gasteiger partial charge in [-0.2, -0.15) is 0 Å². The highest BCUT2D eigenvalue weighted by molar-refractivity contribution is 7.89. The van der Waals surface area contributed by atoms with Crippen molar-refractivity contribution >= 4 is 21.6 Å². The fraction of sp³-hybridized carbons (Fsp3) is 0.769. The zero-order valence-electron chi connectivity index (χ0n) is 12.0. The summed E-state index contributed by atoms with van der Waals surface area (Å²) in [6, 6.07) is -0.198. The van der Waals surface area contributed by atoms with E-state index in [-0.39, 0.29) is 16.4 Å². The van der Waals surface area contributed by atoms with E-state index < -0.39 is 10.0 Å². The molecule has 2 atom stereocenters. The summed E-state index contributed by atoms with van der Waals surface area (Å²) in [5.41, 5.74) is 0. The first-order valence-electron chi connectivity index (χ1n) is 7.14. The minimum absolute atomic E-state index is 0.0879. The van der Waals surface area contributed by atoms with Gasteiger partial charge in [0.1, 0.15) is 5.82 Å². The Morgan fingerprint density at radius 2 is 2.10 bits per heavy atom. The molecule has 1 aromatic heterocycles. The van der Waals surface area contributed by atoms with Gasteiger partial charge in [-0.1, -0.05) is 19.3 Å². The van der Waals surface area contributed by atoms with Crippen LogP contribution >= 0.6 is 11.6 Å². The van der Waals surface area contributed by atoms with E-state index in [2.05, 4.69) is 9.71 Å². The Morgan fingerprint density at radius 3 is 2.75 bits per heavy atom. The third-order valence-electron chi connectivity index (χ3n) is 3.81. The molecular formula is C13H22ClN3O2S. The maximum Gasteiger partial charge on any atom is 0.259 e. The third kappa shape index (κ3) is 3.54. The van der Waals surface area contributed by atoms with Crippen molar-refractivity contribution in [2.24, 2.45) is 0 Å². The predicted molar refractivity (Wildman–Crippen MR) is 79.5 cm³/mol. The van der Waals surface area contributed by atoms with Crippen molar-refractivity contribution in [1.82, 2.24) is 14.3 Å². The maximum atomic E-state index is 12.4. The van der Waals surface area contributed by atoms with E-state index in [4.69, 9.17) is 11.6 Å². The van der Waals surface area contributed by atoms with E-state index in [1.165, 1.54) is 0 Å². The normalized spacial score (nSPS) is 24.6. The lowest BCUT2D eigenvalue weighted by Crippen LogP contribution is -2.40. The molecule has 2 unspecified atom stereocenters. The van der Waals surface area contributed by atoms with Crippen LogP contribution < -0.4 is 4.72 Å². The second kappa shape index (κ2) is 6.45. The molecule has 1 aromatic rings. The van der Waals surface area contributed by atoms with Crippen molar-refractivity contribution in [3.63, 3.8) is 0 Å². The van der Waals surface area contributed by atoms with Crippen LogP contribution in [-0.4, -0.2) is 29.4 Å². The van der Waals surface area contributed by atoms with Crippen LogP contribution in [0.5, 0.6) is 0 Å². The van der Waals surface area contributed by atoms with Crippen LogP contribution in [0.25, 0.3) is 0 Å². The first kappa shape index (κ1) is 15.8. The molecule has 1 N–H and O–H groups in total. The lowest BCUT2D eigenvalue weighted by molar-refractivity contribution is 0.512. The summed E-state index contributed by atoms with van der Waals surface area (Å²) in [6.07, 6.45) is 6.43. The van der Waals surface area contributed by atoms with E-state index in [0.29, 0.717) is 12.4 Å². The number of sulfonamides is 1. The molecular weight excluding hydrogens is 298 g/mol. The molecule has 7 heteroatoms. The average Bonchev–Trinajstić information content (AvgIpc) is 2.67. The standard InChI is InChI=1S/C13H22ClN3O2S/c1-3-17-9-13(15-10(17)2)20(18,19)16-12-8-6-4-5-7-11(12)14/h9,11-12,16H,3-8H2,1-2H3.